The summed E-state index contributed by atoms with van der Waals surface area (Å²) in [4.78, 5) is 14.7. The Balaban J connectivity index is 1.70. The normalized spacial score (nSPS) is 22.9. The molecule has 1 atom stereocenters. The van der Waals surface area contributed by atoms with Crippen molar-refractivity contribution in [3.8, 4) is 5.75 Å². The smallest absolute Gasteiger partial charge is 0.261 e. The molecule has 1 saturated heterocycles. The van der Waals surface area contributed by atoms with Crippen LogP contribution >= 0.6 is 0 Å². The van der Waals surface area contributed by atoms with Gasteiger partial charge in [-0.25, -0.2) is 8.42 Å². The van der Waals surface area contributed by atoms with Crippen LogP contribution in [0.5, 0.6) is 5.75 Å². The Morgan fingerprint density at radius 3 is 2.28 bits per heavy atom. The second kappa shape index (κ2) is 7.36. The lowest BCUT2D eigenvalue weighted by Gasteiger charge is -2.34. The van der Waals surface area contributed by atoms with Crippen molar-refractivity contribution in [3.63, 3.8) is 0 Å². The van der Waals surface area contributed by atoms with Crippen LogP contribution in [0.3, 0.4) is 0 Å². The highest BCUT2D eigenvalue weighted by molar-refractivity contribution is 7.91. The minimum absolute atomic E-state index is 0.0318. The molecule has 1 heterocycles. The predicted octanol–water partition coefficient (Wildman–Crippen LogP) is 2.64. The van der Waals surface area contributed by atoms with Gasteiger partial charge in [0, 0.05) is 12.1 Å². The first-order chi connectivity index (χ1) is 11.8. The molecule has 6 heteroatoms. The molecule has 0 N–H and O–H groups in total. The first-order valence-corrected chi connectivity index (χ1v) is 10.9. The van der Waals surface area contributed by atoms with Gasteiger partial charge < -0.3 is 9.64 Å². The number of benzene rings is 1. The standard InChI is InChI=1S/C19H27NO4S/c1-14-9-15(2)11-18(10-14)24-12-19(21)20(16-5-3-4-6-16)17-7-8-25(22,23)13-17/h9-11,16-17H,3-8,12-13H2,1-2H3/t17-/m0/s1. The van der Waals surface area contributed by atoms with E-state index in [-0.39, 0.29) is 36.1 Å². The van der Waals surface area contributed by atoms with Gasteiger partial charge in [0.15, 0.2) is 16.4 Å². The summed E-state index contributed by atoms with van der Waals surface area (Å²) < 4.78 is 29.5. The molecule has 1 amide bonds. The number of amides is 1. The van der Waals surface area contributed by atoms with E-state index in [1.807, 2.05) is 30.9 Å². The third-order valence-electron chi connectivity index (χ3n) is 5.17. The fraction of sp³-hybridized carbons (Fsp3) is 0.632. The van der Waals surface area contributed by atoms with Crippen LogP contribution in [0.1, 0.15) is 43.2 Å². The maximum atomic E-state index is 12.9. The minimum atomic E-state index is -3.02. The third-order valence-corrected chi connectivity index (χ3v) is 6.92. The van der Waals surface area contributed by atoms with E-state index in [1.54, 1.807) is 0 Å². The highest BCUT2D eigenvalue weighted by Crippen LogP contribution is 2.29. The van der Waals surface area contributed by atoms with Gasteiger partial charge in [0.25, 0.3) is 5.91 Å². The molecule has 3 rings (SSSR count). The SMILES string of the molecule is Cc1cc(C)cc(OCC(=O)N(C2CCCC2)[C@H]2CCS(=O)(=O)C2)c1. The minimum Gasteiger partial charge on any atom is -0.484 e. The molecule has 1 aliphatic heterocycles. The van der Waals surface area contributed by atoms with Crippen molar-refractivity contribution in [3.05, 3.63) is 29.3 Å². The average Bonchev–Trinajstić information content (AvgIpc) is 3.15. The molecular weight excluding hydrogens is 338 g/mol. The summed E-state index contributed by atoms with van der Waals surface area (Å²) in [7, 11) is -3.02. The molecule has 1 aromatic rings. The van der Waals surface area contributed by atoms with E-state index < -0.39 is 9.84 Å². The van der Waals surface area contributed by atoms with Gasteiger partial charge in [-0.1, -0.05) is 18.9 Å². The van der Waals surface area contributed by atoms with Gasteiger partial charge in [-0.15, -0.1) is 0 Å². The van der Waals surface area contributed by atoms with Crippen LogP contribution in [0, 0.1) is 13.8 Å². The number of hydrogen-bond acceptors (Lipinski definition) is 4. The third kappa shape index (κ3) is 4.54. The number of aryl methyl sites for hydroxylation is 2. The van der Waals surface area contributed by atoms with Gasteiger partial charge in [-0.3, -0.25) is 4.79 Å². The quantitative estimate of drug-likeness (QED) is 0.805. The first-order valence-electron chi connectivity index (χ1n) is 9.07. The van der Waals surface area contributed by atoms with Crippen molar-refractivity contribution in [1.82, 2.24) is 4.90 Å². The Hall–Kier alpha value is -1.56. The first kappa shape index (κ1) is 18.2. The number of hydrogen-bond donors (Lipinski definition) is 0. The average molecular weight is 365 g/mol. The summed E-state index contributed by atoms with van der Waals surface area (Å²) in [6.45, 7) is 3.96. The van der Waals surface area contributed by atoms with Crippen LogP contribution in [-0.2, 0) is 14.6 Å². The number of nitrogens with zero attached hydrogens (tertiary/aromatic N) is 1. The lowest BCUT2D eigenvalue weighted by atomic mass is 10.1. The van der Waals surface area contributed by atoms with E-state index in [4.69, 9.17) is 4.74 Å². The van der Waals surface area contributed by atoms with Crippen LogP contribution in [0.25, 0.3) is 0 Å². The van der Waals surface area contributed by atoms with E-state index >= 15 is 0 Å². The summed E-state index contributed by atoms with van der Waals surface area (Å²) in [5, 5.41) is 0. The van der Waals surface area contributed by atoms with E-state index in [2.05, 4.69) is 6.07 Å². The molecule has 0 spiro atoms. The van der Waals surface area contributed by atoms with E-state index in [1.165, 1.54) is 0 Å². The number of sulfone groups is 1. The Morgan fingerprint density at radius 1 is 1.08 bits per heavy atom. The van der Waals surface area contributed by atoms with Gasteiger partial charge in [0.05, 0.1) is 11.5 Å². The molecule has 2 fully saturated rings. The number of carbonyl (C=O) groups is 1. The molecule has 1 aliphatic carbocycles. The van der Waals surface area contributed by atoms with Crippen LogP contribution in [0.2, 0.25) is 0 Å². The zero-order valence-electron chi connectivity index (χ0n) is 15.0. The Bertz CT molecular complexity index is 718. The zero-order chi connectivity index (χ0) is 18.0. The molecule has 0 aromatic heterocycles. The van der Waals surface area contributed by atoms with E-state index in [0.29, 0.717) is 12.2 Å². The summed E-state index contributed by atoms with van der Waals surface area (Å²) in [6.07, 6.45) is 4.68. The topological polar surface area (TPSA) is 63.7 Å². The molecular formula is C19H27NO4S. The van der Waals surface area contributed by atoms with Crippen molar-refractivity contribution >= 4 is 15.7 Å². The van der Waals surface area contributed by atoms with Crippen molar-refractivity contribution in [2.75, 3.05) is 18.1 Å². The maximum absolute atomic E-state index is 12.9. The predicted molar refractivity (Wildman–Crippen MR) is 97.6 cm³/mol. The second-order valence-corrected chi connectivity index (χ2v) is 9.64. The Morgan fingerprint density at radius 2 is 1.72 bits per heavy atom. The van der Waals surface area contributed by atoms with E-state index in [9.17, 15) is 13.2 Å². The molecule has 1 saturated carbocycles. The van der Waals surface area contributed by atoms with Crippen LogP contribution < -0.4 is 4.74 Å². The van der Waals surface area contributed by atoms with Crippen LogP contribution in [0.15, 0.2) is 18.2 Å². The highest BCUT2D eigenvalue weighted by Gasteiger charge is 2.39. The van der Waals surface area contributed by atoms with Gasteiger partial charge in [0.2, 0.25) is 0 Å². The maximum Gasteiger partial charge on any atom is 0.261 e. The molecule has 1 aromatic carbocycles. The Labute approximate surface area is 150 Å². The number of ether oxygens (including phenoxy) is 1. The number of rotatable bonds is 5. The summed E-state index contributed by atoms with van der Waals surface area (Å²) in [5.74, 6) is 0.884. The zero-order valence-corrected chi connectivity index (χ0v) is 15.8. The molecule has 5 nitrogen and oxygen atoms in total. The van der Waals surface area contributed by atoms with Crippen molar-refractivity contribution < 1.29 is 17.9 Å². The van der Waals surface area contributed by atoms with Crippen molar-refractivity contribution in [2.24, 2.45) is 0 Å². The summed E-state index contributed by atoms with van der Waals surface area (Å²) in [6, 6.07) is 5.86. The summed E-state index contributed by atoms with van der Waals surface area (Å²) in [5.41, 5.74) is 2.19. The largest absolute Gasteiger partial charge is 0.484 e. The fourth-order valence-electron chi connectivity index (χ4n) is 4.12. The van der Waals surface area contributed by atoms with Gasteiger partial charge >= 0.3 is 0 Å². The van der Waals surface area contributed by atoms with Crippen LogP contribution in [-0.4, -0.2) is 49.4 Å². The van der Waals surface area contributed by atoms with E-state index in [0.717, 1.165) is 36.8 Å². The second-order valence-electron chi connectivity index (χ2n) is 7.41. The highest BCUT2D eigenvalue weighted by atomic mass is 32.2. The lowest BCUT2D eigenvalue weighted by molar-refractivity contribution is -0.137. The Kier molecular flexibility index (Phi) is 5.37. The molecule has 0 radical (unpaired) electrons. The molecule has 138 valence electrons. The van der Waals surface area contributed by atoms with Gasteiger partial charge in [-0.05, 0) is 56.4 Å². The molecule has 0 unspecified atom stereocenters. The molecule has 2 aliphatic rings. The fourth-order valence-corrected chi connectivity index (χ4v) is 5.83. The van der Waals surface area contributed by atoms with Crippen molar-refractivity contribution in [2.45, 2.75) is 58.0 Å². The lowest BCUT2D eigenvalue weighted by Crippen LogP contribution is -2.48. The van der Waals surface area contributed by atoms with Crippen molar-refractivity contribution in [1.29, 1.82) is 0 Å². The number of carbonyl (C=O) groups excluding carboxylic acids is 1. The summed E-state index contributed by atoms with van der Waals surface area (Å²) >= 11 is 0. The van der Waals surface area contributed by atoms with Crippen LogP contribution in [0.4, 0.5) is 0 Å². The molecule has 0 bridgehead atoms. The van der Waals surface area contributed by atoms with Gasteiger partial charge in [0.1, 0.15) is 5.75 Å². The molecule has 25 heavy (non-hydrogen) atoms. The van der Waals surface area contributed by atoms with Gasteiger partial charge in [-0.2, -0.15) is 0 Å². The monoisotopic (exact) mass is 365 g/mol.